The van der Waals surface area contributed by atoms with Crippen molar-refractivity contribution in [3.63, 3.8) is 0 Å². The lowest BCUT2D eigenvalue weighted by atomic mass is 10.1. The fourth-order valence-corrected chi connectivity index (χ4v) is 4.57. The van der Waals surface area contributed by atoms with E-state index in [1.807, 2.05) is 54.8 Å². The van der Waals surface area contributed by atoms with Crippen LogP contribution < -0.4 is 4.80 Å². The van der Waals surface area contributed by atoms with Gasteiger partial charge in [-0.25, -0.2) is 0 Å². The number of amides is 1. The molecule has 0 spiro atoms. The lowest BCUT2D eigenvalue weighted by Crippen LogP contribution is -2.19. The summed E-state index contributed by atoms with van der Waals surface area (Å²) < 4.78 is 8.30. The first kappa shape index (κ1) is 19.8. The summed E-state index contributed by atoms with van der Waals surface area (Å²) in [4.78, 5) is 22.5. The maximum absolute atomic E-state index is 12.9. The summed E-state index contributed by atoms with van der Waals surface area (Å²) in [6.45, 7) is 5.03. The number of hydrogen-bond acceptors (Lipinski definition) is 4. The zero-order chi connectivity index (χ0) is 20.5. The minimum Gasteiger partial charge on any atom is -0.383 e. The van der Waals surface area contributed by atoms with Crippen LogP contribution in [0.3, 0.4) is 0 Å². The number of fused-ring (bicyclic) bond motifs is 2. The molecule has 0 unspecified atom stereocenters. The molecule has 2 aromatic carbocycles. The van der Waals surface area contributed by atoms with Crippen LogP contribution in [-0.4, -0.2) is 29.2 Å². The smallest absolute Gasteiger partial charge is 0.279 e. The molecule has 4 aromatic rings. The van der Waals surface area contributed by atoms with Crippen LogP contribution in [0.2, 0.25) is 5.02 Å². The molecule has 7 heteroatoms. The van der Waals surface area contributed by atoms with Gasteiger partial charge in [-0.05, 0) is 55.8 Å². The van der Waals surface area contributed by atoms with Crippen LogP contribution in [0.15, 0.2) is 47.5 Å². The quantitative estimate of drug-likeness (QED) is 0.466. The predicted molar refractivity (Wildman–Crippen MR) is 118 cm³/mol. The summed E-state index contributed by atoms with van der Waals surface area (Å²) in [5.41, 5.74) is 4.30. The summed E-state index contributed by atoms with van der Waals surface area (Å²) in [7, 11) is 1.65. The number of pyridine rings is 1. The second-order valence-corrected chi connectivity index (χ2v) is 8.24. The maximum atomic E-state index is 12.9. The zero-order valence-corrected chi connectivity index (χ0v) is 18.0. The number of carbonyl (C=O) groups is 1. The fourth-order valence-electron chi connectivity index (χ4n) is 3.30. The molecule has 0 aliphatic heterocycles. The van der Waals surface area contributed by atoms with Gasteiger partial charge in [0.15, 0.2) is 4.80 Å². The molecule has 0 atom stereocenters. The van der Waals surface area contributed by atoms with E-state index in [-0.39, 0.29) is 5.91 Å². The summed E-state index contributed by atoms with van der Waals surface area (Å²) in [6.07, 6.45) is 0. The molecule has 2 aromatic heterocycles. The van der Waals surface area contributed by atoms with Crippen molar-refractivity contribution in [3.05, 3.63) is 69.1 Å². The van der Waals surface area contributed by atoms with Crippen LogP contribution in [0.4, 0.5) is 0 Å². The molecular weight excluding hydrogens is 406 g/mol. The van der Waals surface area contributed by atoms with E-state index in [0.717, 1.165) is 32.4 Å². The molecule has 0 bridgehead atoms. The summed E-state index contributed by atoms with van der Waals surface area (Å²) >= 11 is 7.80. The van der Waals surface area contributed by atoms with Crippen molar-refractivity contribution in [3.8, 4) is 0 Å². The van der Waals surface area contributed by atoms with Crippen LogP contribution in [0, 0.1) is 13.8 Å². The van der Waals surface area contributed by atoms with Crippen LogP contribution in [0.5, 0.6) is 0 Å². The van der Waals surface area contributed by atoms with Gasteiger partial charge >= 0.3 is 0 Å². The number of nitrogens with zero attached hydrogens (tertiary/aromatic N) is 3. The molecule has 29 heavy (non-hydrogen) atoms. The van der Waals surface area contributed by atoms with Crippen molar-refractivity contribution in [1.29, 1.82) is 0 Å². The van der Waals surface area contributed by atoms with Crippen molar-refractivity contribution in [2.75, 3.05) is 13.7 Å². The number of carbonyl (C=O) groups excluding carboxylic acids is 1. The average molecular weight is 426 g/mol. The maximum Gasteiger partial charge on any atom is 0.279 e. The third-order valence-electron chi connectivity index (χ3n) is 4.82. The number of aryl methyl sites for hydroxylation is 2. The van der Waals surface area contributed by atoms with Crippen molar-refractivity contribution < 1.29 is 9.53 Å². The van der Waals surface area contributed by atoms with E-state index in [4.69, 9.17) is 16.3 Å². The normalized spacial score (nSPS) is 12.2. The molecule has 0 N–H and O–H groups in total. The largest absolute Gasteiger partial charge is 0.383 e. The van der Waals surface area contributed by atoms with Gasteiger partial charge in [0, 0.05) is 35.3 Å². The Labute approximate surface area is 177 Å². The molecule has 0 fully saturated rings. The molecule has 1 amide bonds. The number of aromatic nitrogens is 2. The highest BCUT2D eigenvalue weighted by Gasteiger charge is 2.13. The van der Waals surface area contributed by atoms with E-state index in [0.29, 0.717) is 28.5 Å². The molecule has 0 aliphatic rings. The molecule has 2 heterocycles. The molecule has 148 valence electrons. The standard InChI is InChI=1S/C22H20ClN3O2S/c1-13-4-5-15-12-16(6-8-18(15)24-13)21(27)25-22-26(10-11-28-3)20-14(2)17(23)7-9-19(20)29-22/h4-9,12H,10-11H2,1-3H3. The van der Waals surface area contributed by atoms with Crippen LogP contribution in [-0.2, 0) is 11.3 Å². The number of methoxy groups -OCH3 is 1. The Morgan fingerprint density at radius 1 is 1.21 bits per heavy atom. The molecule has 0 aliphatic carbocycles. The Morgan fingerprint density at radius 3 is 2.83 bits per heavy atom. The second kappa shape index (κ2) is 8.06. The van der Waals surface area contributed by atoms with E-state index in [1.165, 1.54) is 11.3 Å². The van der Waals surface area contributed by atoms with Crippen LogP contribution in [0.1, 0.15) is 21.6 Å². The van der Waals surface area contributed by atoms with E-state index in [1.54, 1.807) is 13.2 Å². The summed E-state index contributed by atoms with van der Waals surface area (Å²) in [5, 5.41) is 1.61. The zero-order valence-electron chi connectivity index (χ0n) is 16.4. The van der Waals surface area contributed by atoms with Crippen molar-refractivity contribution in [1.82, 2.24) is 9.55 Å². The Balaban J connectivity index is 1.83. The van der Waals surface area contributed by atoms with E-state index < -0.39 is 0 Å². The molecule has 4 rings (SSSR count). The Kier molecular flexibility index (Phi) is 5.50. The van der Waals surface area contributed by atoms with Gasteiger partial charge in [-0.1, -0.05) is 29.0 Å². The summed E-state index contributed by atoms with van der Waals surface area (Å²) in [5.74, 6) is -0.283. The van der Waals surface area contributed by atoms with E-state index in [9.17, 15) is 4.79 Å². The van der Waals surface area contributed by atoms with E-state index in [2.05, 4.69) is 9.98 Å². The number of thiazole rings is 1. The SMILES string of the molecule is COCCn1c(=NC(=O)c2ccc3nc(C)ccc3c2)sc2ccc(Cl)c(C)c21. The fraction of sp³-hybridized carbons (Fsp3) is 0.227. The van der Waals surface area contributed by atoms with Gasteiger partial charge in [0.1, 0.15) is 0 Å². The molecule has 0 saturated carbocycles. The molecular formula is C22H20ClN3O2S. The minimum absolute atomic E-state index is 0.283. The average Bonchev–Trinajstić information content (AvgIpc) is 3.06. The van der Waals surface area contributed by atoms with E-state index >= 15 is 0 Å². The van der Waals surface area contributed by atoms with Gasteiger partial charge in [-0.15, -0.1) is 0 Å². The third kappa shape index (κ3) is 3.83. The molecule has 0 saturated heterocycles. The summed E-state index contributed by atoms with van der Waals surface area (Å²) in [6, 6.07) is 13.2. The number of hydrogen-bond donors (Lipinski definition) is 0. The first-order chi connectivity index (χ1) is 14.0. The van der Waals surface area contributed by atoms with Crippen LogP contribution >= 0.6 is 22.9 Å². The van der Waals surface area contributed by atoms with Crippen molar-refractivity contribution in [2.24, 2.45) is 4.99 Å². The van der Waals surface area contributed by atoms with Crippen molar-refractivity contribution in [2.45, 2.75) is 20.4 Å². The number of halogens is 1. The highest BCUT2D eigenvalue weighted by Crippen LogP contribution is 2.27. The van der Waals surface area contributed by atoms with Gasteiger partial charge in [0.2, 0.25) is 0 Å². The van der Waals surface area contributed by atoms with Gasteiger partial charge in [-0.3, -0.25) is 9.78 Å². The topological polar surface area (TPSA) is 56.5 Å². The van der Waals surface area contributed by atoms with Crippen molar-refractivity contribution >= 4 is 50.0 Å². The van der Waals surface area contributed by atoms with Crippen LogP contribution in [0.25, 0.3) is 21.1 Å². The molecule has 5 nitrogen and oxygen atoms in total. The minimum atomic E-state index is -0.283. The highest BCUT2D eigenvalue weighted by atomic mass is 35.5. The Morgan fingerprint density at radius 2 is 2.03 bits per heavy atom. The third-order valence-corrected chi connectivity index (χ3v) is 6.27. The van der Waals surface area contributed by atoms with Gasteiger partial charge in [-0.2, -0.15) is 4.99 Å². The lowest BCUT2D eigenvalue weighted by molar-refractivity contribution is 0.0997. The number of ether oxygens (including phenoxy) is 1. The lowest BCUT2D eigenvalue weighted by Gasteiger charge is -2.07. The highest BCUT2D eigenvalue weighted by molar-refractivity contribution is 7.16. The molecule has 0 radical (unpaired) electrons. The Hall–Kier alpha value is -2.54. The number of rotatable bonds is 4. The van der Waals surface area contributed by atoms with Gasteiger partial charge < -0.3 is 9.30 Å². The Bertz CT molecular complexity index is 1310. The van der Waals surface area contributed by atoms with Gasteiger partial charge in [0.05, 0.1) is 22.3 Å². The first-order valence-electron chi connectivity index (χ1n) is 9.22. The first-order valence-corrected chi connectivity index (χ1v) is 10.4. The number of benzene rings is 2. The second-order valence-electron chi connectivity index (χ2n) is 6.83. The van der Waals surface area contributed by atoms with Gasteiger partial charge in [0.25, 0.3) is 5.91 Å². The predicted octanol–water partition coefficient (Wildman–Crippen LogP) is 4.91. The monoisotopic (exact) mass is 425 g/mol.